The molecule has 6 heteroatoms. The Kier molecular flexibility index (Phi) is 5.07. The summed E-state index contributed by atoms with van der Waals surface area (Å²) in [6.45, 7) is 0.942. The minimum absolute atomic E-state index is 0.00635. The molecule has 0 aliphatic carbocycles. The number of benzene rings is 2. The summed E-state index contributed by atoms with van der Waals surface area (Å²) >= 11 is 11.8. The van der Waals surface area contributed by atoms with Crippen LogP contribution in [-0.2, 0) is 16.1 Å². The van der Waals surface area contributed by atoms with Crippen LogP contribution in [0.5, 0.6) is 0 Å². The second kappa shape index (κ2) is 7.24. The van der Waals surface area contributed by atoms with E-state index in [0.29, 0.717) is 28.8 Å². The molecule has 2 aromatic rings. The highest BCUT2D eigenvalue weighted by atomic mass is 35.5. The lowest BCUT2D eigenvalue weighted by Crippen LogP contribution is -2.28. The molecule has 1 unspecified atom stereocenters. The second-order valence-electron chi connectivity index (χ2n) is 5.78. The lowest BCUT2D eigenvalue weighted by atomic mass is 10.1. The van der Waals surface area contributed by atoms with E-state index in [-0.39, 0.29) is 24.2 Å². The molecule has 4 nitrogen and oxygen atoms in total. The molecule has 0 aromatic heterocycles. The first-order valence-electron chi connectivity index (χ1n) is 7.60. The molecule has 24 heavy (non-hydrogen) atoms. The maximum absolute atomic E-state index is 12.4. The van der Waals surface area contributed by atoms with Crippen LogP contribution in [0, 0.1) is 5.92 Å². The van der Waals surface area contributed by atoms with E-state index in [9.17, 15) is 9.59 Å². The maximum atomic E-state index is 12.4. The van der Waals surface area contributed by atoms with Gasteiger partial charge >= 0.3 is 0 Å². The average Bonchev–Trinajstić information content (AvgIpc) is 2.93. The number of hydrogen-bond donors (Lipinski definition) is 1. The third kappa shape index (κ3) is 3.89. The van der Waals surface area contributed by atoms with Crippen molar-refractivity contribution in [2.45, 2.75) is 13.0 Å². The number of halogens is 2. The summed E-state index contributed by atoms with van der Waals surface area (Å²) in [6.07, 6.45) is 0.222. The Labute approximate surface area is 150 Å². The maximum Gasteiger partial charge on any atom is 0.229 e. The highest BCUT2D eigenvalue weighted by molar-refractivity contribution is 6.42. The largest absolute Gasteiger partial charge is 0.338 e. The second-order valence-corrected chi connectivity index (χ2v) is 6.59. The van der Waals surface area contributed by atoms with E-state index in [1.807, 2.05) is 30.3 Å². The van der Waals surface area contributed by atoms with E-state index >= 15 is 0 Å². The number of rotatable bonds is 4. The molecule has 1 aliphatic rings. The number of anilines is 1. The number of hydrogen-bond acceptors (Lipinski definition) is 2. The van der Waals surface area contributed by atoms with Crippen molar-refractivity contribution in [1.29, 1.82) is 0 Å². The molecule has 1 N–H and O–H groups in total. The smallest absolute Gasteiger partial charge is 0.229 e. The van der Waals surface area contributed by atoms with Gasteiger partial charge in [-0.1, -0.05) is 53.5 Å². The summed E-state index contributed by atoms with van der Waals surface area (Å²) in [7, 11) is 0. The molecular formula is C18H16Cl2N2O2. The van der Waals surface area contributed by atoms with E-state index in [2.05, 4.69) is 5.32 Å². The third-order valence-corrected chi connectivity index (χ3v) is 4.73. The Balaban J connectivity index is 1.62. The summed E-state index contributed by atoms with van der Waals surface area (Å²) in [5.41, 5.74) is 1.62. The number of carbonyl (C=O) groups excluding carboxylic acids is 2. The van der Waals surface area contributed by atoms with Crippen LogP contribution in [0.1, 0.15) is 12.0 Å². The fraction of sp³-hybridized carbons (Fsp3) is 0.222. The van der Waals surface area contributed by atoms with Crippen molar-refractivity contribution < 1.29 is 9.59 Å². The molecule has 1 atom stereocenters. The zero-order valence-corrected chi connectivity index (χ0v) is 14.3. The van der Waals surface area contributed by atoms with Crippen LogP contribution in [0.15, 0.2) is 48.5 Å². The summed E-state index contributed by atoms with van der Waals surface area (Å²) in [5.74, 6) is -0.555. The molecule has 2 amide bonds. The molecule has 1 heterocycles. The Bertz CT molecular complexity index is 765. The summed E-state index contributed by atoms with van der Waals surface area (Å²) in [4.78, 5) is 26.3. The van der Waals surface area contributed by atoms with Gasteiger partial charge in [-0.15, -0.1) is 0 Å². The highest BCUT2D eigenvalue weighted by Crippen LogP contribution is 2.26. The predicted molar refractivity (Wildman–Crippen MR) is 95.1 cm³/mol. The minimum atomic E-state index is -0.365. The van der Waals surface area contributed by atoms with E-state index < -0.39 is 0 Å². The first kappa shape index (κ1) is 16.8. The van der Waals surface area contributed by atoms with Gasteiger partial charge in [0.2, 0.25) is 11.8 Å². The van der Waals surface area contributed by atoms with Gasteiger partial charge in [-0.05, 0) is 23.8 Å². The molecule has 0 saturated carbocycles. The average molecular weight is 363 g/mol. The van der Waals surface area contributed by atoms with E-state index in [0.717, 1.165) is 5.56 Å². The normalized spacial score (nSPS) is 17.2. The SMILES string of the molecule is O=C(Nc1ccc(Cl)c(Cl)c1)C1CC(=O)N(Cc2ccccc2)C1. The molecule has 0 radical (unpaired) electrons. The van der Waals surface area contributed by atoms with Gasteiger partial charge in [0.25, 0.3) is 0 Å². The van der Waals surface area contributed by atoms with Crippen molar-refractivity contribution >= 4 is 40.7 Å². The standard InChI is InChI=1S/C18H16Cl2N2O2/c19-15-7-6-14(9-16(15)20)21-18(24)13-8-17(23)22(11-13)10-12-4-2-1-3-5-12/h1-7,9,13H,8,10-11H2,(H,21,24). The van der Waals surface area contributed by atoms with Crippen molar-refractivity contribution in [1.82, 2.24) is 4.90 Å². The van der Waals surface area contributed by atoms with Crippen LogP contribution >= 0.6 is 23.2 Å². The van der Waals surface area contributed by atoms with Crippen LogP contribution in [0.3, 0.4) is 0 Å². The van der Waals surface area contributed by atoms with E-state index in [4.69, 9.17) is 23.2 Å². The predicted octanol–water partition coefficient (Wildman–Crippen LogP) is 3.98. The highest BCUT2D eigenvalue weighted by Gasteiger charge is 2.34. The number of likely N-dealkylation sites (tertiary alicyclic amines) is 1. The molecular weight excluding hydrogens is 347 g/mol. The fourth-order valence-corrected chi connectivity index (χ4v) is 3.02. The Hall–Kier alpha value is -2.04. The molecule has 3 rings (SSSR count). The number of carbonyl (C=O) groups is 2. The molecule has 0 spiro atoms. The molecule has 1 aliphatic heterocycles. The zero-order chi connectivity index (χ0) is 17.1. The van der Waals surface area contributed by atoms with Crippen LogP contribution < -0.4 is 5.32 Å². The van der Waals surface area contributed by atoms with Crippen LogP contribution in [0.4, 0.5) is 5.69 Å². The molecule has 1 fully saturated rings. The van der Waals surface area contributed by atoms with Crippen molar-refractivity contribution in [3.63, 3.8) is 0 Å². The molecule has 1 saturated heterocycles. The third-order valence-electron chi connectivity index (χ3n) is 3.99. The number of nitrogens with zero attached hydrogens (tertiary/aromatic N) is 1. The summed E-state index contributed by atoms with van der Waals surface area (Å²) < 4.78 is 0. The van der Waals surface area contributed by atoms with Crippen molar-refractivity contribution in [2.24, 2.45) is 5.92 Å². The molecule has 0 bridgehead atoms. The van der Waals surface area contributed by atoms with E-state index in [1.165, 1.54) is 0 Å². The fourth-order valence-electron chi connectivity index (χ4n) is 2.72. The van der Waals surface area contributed by atoms with Crippen LogP contribution in [0.25, 0.3) is 0 Å². The van der Waals surface area contributed by atoms with Crippen molar-refractivity contribution in [2.75, 3.05) is 11.9 Å². The topological polar surface area (TPSA) is 49.4 Å². The molecule has 2 aromatic carbocycles. The minimum Gasteiger partial charge on any atom is -0.338 e. The van der Waals surface area contributed by atoms with Crippen LogP contribution in [0.2, 0.25) is 10.0 Å². The van der Waals surface area contributed by atoms with Gasteiger partial charge < -0.3 is 10.2 Å². The van der Waals surface area contributed by atoms with Gasteiger partial charge in [0.1, 0.15) is 0 Å². The molecule has 124 valence electrons. The quantitative estimate of drug-likeness (QED) is 0.893. The van der Waals surface area contributed by atoms with Crippen molar-refractivity contribution in [3.8, 4) is 0 Å². The Morgan fingerprint density at radius 1 is 1.12 bits per heavy atom. The number of amides is 2. The zero-order valence-electron chi connectivity index (χ0n) is 12.8. The Morgan fingerprint density at radius 3 is 2.58 bits per heavy atom. The van der Waals surface area contributed by atoms with Crippen molar-refractivity contribution in [3.05, 3.63) is 64.1 Å². The van der Waals surface area contributed by atoms with Gasteiger partial charge in [-0.2, -0.15) is 0 Å². The first-order chi connectivity index (χ1) is 11.5. The lowest BCUT2D eigenvalue weighted by molar-refractivity contribution is -0.128. The van der Waals surface area contributed by atoms with Crippen LogP contribution in [-0.4, -0.2) is 23.3 Å². The summed E-state index contributed by atoms with van der Waals surface area (Å²) in [6, 6.07) is 14.6. The number of nitrogens with one attached hydrogen (secondary N) is 1. The van der Waals surface area contributed by atoms with Gasteiger partial charge in [0.15, 0.2) is 0 Å². The summed E-state index contributed by atoms with van der Waals surface area (Å²) in [5, 5.41) is 3.60. The first-order valence-corrected chi connectivity index (χ1v) is 8.36. The van der Waals surface area contributed by atoms with Gasteiger partial charge in [0, 0.05) is 25.2 Å². The van der Waals surface area contributed by atoms with Gasteiger partial charge in [0.05, 0.1) is 16.0 Å². The van der Waals surface area contributed by atoms with E-state index in [1.54, 1.807) is 23.1 Å². The van der Waals surface area contributed by atoms with Gasteiger partial charge in [-0.3, -0.25) is 9.59 Å². The lowest BCUT2D eigenvalue weighted by Gasteiger charge is -2.16. The van der Waals surface area contributed by atoms with Gasteiger partial charge in [-0.25, -0.2) is 0 Å². The Morgan fingerprint density at radius 2 is 1.88 bits per heavy atom. The monoisotopic (exact) mass is 362 g/mol.